The Morgan fingerprint density at radius 3 is 2.36 bits per heavy atom. The Bertz CT molecular complexity index is 649. The number of rotatable bonds is 6. The average molecular weight is 400 g/mol. The van der Waals surface area contributed by atoms with Crippen molar-refractivity contribution < 1.29 is 9.22 Å². The Labute approximate surface area is 160 Å². The van der Waals surface area contributed by atoms with E-state index in [1.165, 1.54) is 0 Å². The first kappa shape index (κ1) is 20.7. The van der Waals surface area contributed by atoms with Crippen molar-refractivity contribution in [3.05, 3.63) is 11.6 Å². The van der Waals surface area contributed by atoms with E-state index in [9.17, 15) is 4.79 Å². The van der Waals surface area contributed by atoms with E-state index in [4.69, 9.17) is 4.43 Å². The van der Waals surface area contributed by atoms with E-state index in [2.05, 4.69) is 49.4 Å². The maximum Gasteiger partial charge on any atom is 0.228 e. The van der Waals surface area contributed by atoms with Gasteiger partial charge in [0, 0.05) is 5.56 Å². The Morgan fingerprint density at radius 2 is 1.88 bits per heavy atom. The van der Waals surface area contributed by atoms with Gasteiger partial charge in [-0.05, 0) is 43.6 Å². The Hall–Kier alpha value is -0.573. The van der Waals surface area contributed by atoms with Gasteiger partial charge in [-0.25, -0.2) is 0 Å². The molecule has 0 bridgehead atoms. The van der Waals surface area contributed by atoms with Crippen LogP contribution in [-0.4, -0.2) is 43.0 Å². The zero-order valence-corrected chi connectivity index (χ0v) is 19.0. The van der Waals surface area contributed by atoms with Crippen LogP contribution in [0.4, 0.5) is 0 Å². The lowest BCUT2D eigenvalue weighted by atomic mass is 9.82. The molecule has 0 aliphatic carbocycles. The van der Waals surface area contributed by atoms with Gasteiger partial charge >= 0.3 is 0 Å². The van der Waals surface area contributed by atoms with Gasteiger partial charge in [-0.15, -0.1) is 33.7 Å². The molecule has 3 atom stereocenters. The smallest absolute Gasteiger partial charge is 0.228 e. The van der Waals surface area contributed by atoms with Crippen molar-refractivity contribution in [1.82, 2.24) is 15.5 Å². The van der Waals surface area contributed by atoms with Crippen LogP contribution < -0.4 is 5.32 Å². The lowest BCUT2D eigenvalue weighted by Crippen LogP contribution is -2.58. The number of nitrogens with zero attached hydrogens (tertiary/aromatic N) is 2. The minimum atomic E-state index is -1.93. The number of aromatic nitrogens is 2. The summed E-state index contributed by atoms with van der Waals surface area (Å²) in [7, 11) is -1.93. The molecule has 1 unspecified atom stereocenters. The summed E-state index contributed by atoms with van der Waals surface area (Å²) in [4.78, 5) is 12.3. The third-order valence-electron chi connectivity index (χ3n) is 5.25. The van der Waals surface area contributed by atoms with Gasteiger partial charge < -0.3 is 9.74 Å². The minimum Gasteiger partial charge on any atom is -0.413 e. The van der Waals surface area contributed by atoms with Gasteiger partial charge in [0.25, 0.3) is 0 Å². The molecule has 0 aromatic carbocycles. The molecule has 1 amide bonds. The third-order valence-corrected chi connectivity index (χ3v) is 11.2. The van der Waals surface area contributed by atoms with Crippen LogP contribution in [0.1, 0.15) is 39.3 Å². The molecule has 2 rings (SSSR count). The minimum absolute atomic E-state index is 0.0591. The summed E-state index contributed by atoms with van der Waals surface area (Å²) in [6.07, 6.45) is 3.84. The predicted molar refractivity (Wildman–Crippen MR) is 108 cm³/mol. The first-order chi connectivity index (χ1) is 11.5. The number of carbonyl (C=O) groups excluding carboxylic acids is 1. The first-order valence-electron chi connectivity index (χ1n) is 8.45. The summed E-state index contributed by atoms with van der Waals surface area (Å²) in [5, 5.41) is 13.4. The molecule has 5 nitrogen and oxygen atoms in total. The largest absolute Gasteiger partial charge is 0.413 e. The van der Waals surface area contributed by atoms with Crippen molar-refractivity contribution >= 4 is 37.7 Å². The van der Waals surface area contributed by atoms with E-state index in [-0.39, 0.29) is 29.0 Å². The van der Waals surface area contributed by atoms with Gasteiger partial charge in [0.15, 0.2) is 8.32 Å². The molecule has 0 radical (unpaired) electrons. The van der Waals surface area contributed by atoms with Crippen molar-refractivity contribution in [1.29, 1.82) is 0 Å². The predicted octanol–water partition coefficient (Wildman–Crippen LogP) is 4.12. The molecule has 0 saturated carbocycles. The summed E-state index contributed by atoms with van der Waals surface area (Å²) >= 11 is 3.12. The fourth-order valence-corrected chi connectivity index (χ4v) is 5.06. The number of β-lactam (4-membered cyclic amide) rings is 1. The van der Waals surface area contributed by atoms with Crippen molar-refractivity contribution in [3.63, 3.8) is 0 Å². The van der Waals surface area contributed by atoms with Crippen LogP contribution in [-0.2, 0) is 9.22 Å². The highest BCUT2D eigenvalue weighted by molar-refractivity contribution is 7.98. The van der Waals surface area contributed by atoms with Gasteiger partial charge in [0.2, 0.25) is 5.91 Å². The molecule has 1 N–H and O–H groups in total. The van der Waals surface area contributed by atoms with Gasteiger partial charge in [-0.2, -0.15) is 0 Å². The Morgan fingerprint density at radius 1 is 1.24 bits per heavy atom. The zero-order chi connectivity index (χ0) is 19.0. The second-order valence-corrected chi connectivity index (χ2v) is 14.3. The van der Waals surface area contributed by atoms with Crippen molar-refractivity contribution in [3.8, 4) is 0 Å². The van der Waals surface area contributed by atoms with E-state index < -0.39 is 8.32 Å². The van der Waals surface area contributed by atoms with Crippen LogP contribution in [0.2, 0.25) is 18.1 Å². The van der Waals surface area contributed by atoms with Crippen LogP contribution >= 0.6 is 23.5 Å². The maximum atomic E-state index is 12.3. The second kappa shape index (κ2) is 7.58. The molecule has 2 heterocycles. The molecule has 1 aromatic rings. The highest BCUT2D eigenvalue weighted by Gasteiger charge is 2.48. The zero-order valence-electron chi connectivity index (χ0n) is 16.3. The molecule has 1 aliphatic rings. The summed E-state index contributed by atoms with van der Waals surface area (Å²) in [6, 6.07) is 1.98. The van der Waals surface area contributed by atoms with Crippen LogP contribution in [0, 0.1) is 5.92 Å². The number of thioether (sulfide) groups is 2. The Kier molecular flexibility index (Phi) is 6.29. The Balaban J connectivity index is 2.26. The number of hydrogen-bond donors (Lipinski definition) is 1. The van der Waals surface area contributed by atoms with Crippen LogP contribution in [0.3, 0.4) is 0 Å². The topological polar surface area (TPSA) is 64.1 Å². The third kappa shape index (κ3) is 4.23. The highest BCUT2D eigenvalue weighted by Crippen LogP contribution is 2.42. The summed E-state index contributed by atoms with van der Waals surface area (Å²) in [5.74, 6) is -0.121. The van der Waals surface area contributed by atoms with E-state index in [1.54, 1.807) is 23.5 Å². The van der Waals surface area contributed by atoms with Crippen molar-refractivity contribution in [2.24, 2.45) is 5.92 Å². The molecule has 140 valence electrons. The number of amides is 1. The summed E-state index contributed by atoms with van der Waals surface area (Å²) in [6.45, 7) is 13.1. The molecule has 25 heavy (non-hydrogen) atoms. The van der Waals surface area contributed by atoms with E-state index >= 15 is 0 Å². The molecule has 1 aliphatic heterocycles. The monoisotopic (exact) mass is 399 g/mol. The lowest BCUT2D eigenvalue weighted by Gasteiger charge is -2.45. The number of hydrogen-bond acceptors (Lipinski definition) is 6. The van der Waals surface area contributed by atoms with Crippen LogP contribution in [0.25, 0.3) is 0 Å². The van der Waals surface area contributed by atoms with Gasteiger partial charge in [0.05, 0.1) is 18.1 Å². The van der Waals surface area contributed by atoms with Crippen molar-refractivity contribution in [2.75, 3.05) is 12.5 Å². The average Bonchev–Trinajstić information content (AvgIpc) is 2.50. The maximum absolute atomic E-state index is 12.3. The molecule has 1 fully saturated rings. The second-order valence-electron chi connectivity index (χ2n) is 7.95. The SMILES string of the molecule is CSc1cc([C@H]2NC(=O)C2[C@@H](C)O[Si](C)(C)C(C)(C)C)c(SC)nn1. The molecular weight excluding hydrogens is 370 g/mol. The molecule has 1 aromatic heterocycles. The molecule has 1 saturated heterocycles. The fraction of sp³-hybridized carbons (Fsp3) is 0.706. The van der Waals surface area contributed by atoms with Gasteiger partial charge in [0.1, 0.15) is 10.1 Å². The fourth-order valence-electron chi connectivity index (χ4n) is 2.72. The molecule has 8 heteroatoms. The van der Waals surface area contributed by atoms with Crippen molar-refractivity contribution in [2.45, 2.75) is 68.0 Å². The summed E-state index contributed by atoms with van der Waals surface area (Å²) < 4.78 is 6.49. The van der Waals surface area contributed by atoms with Gasteiger partial charge in [-0.3, -0.25) is 4.79 Å². The summed E-state index contributed by atoms with van der Waals surface area (Å²) in [5.41, 5.74) is 1.04. The molecule has 0 spiro atoms. The van der Waals surface area contributed by atoms with Gasteiger partial charge in [-0.1, -0.05) is 20.8 Å². The van der Waals surface area contributed by atoms with E-state index in [0.29, 0.717) is 0 Å². The quantitative estimate of drug-likeness (QED) is 0.441. The van der Waals surface area contributed by atoms with E-state index in [1.807, 2.05) is 25.5 Å². The van der Waals surface area contributed by atoms with Crippen LogP contribution in [0.5, 0.6) is 0 Å². The van der Waals surface area contributed by atoms with E-state index in [0.717, 1.165) is 15.6 Å². The number of carbonyl (C=O) groups is 1. The normalized spacial score (nSPS) is 22.3. The lowest BCUT2D eigenvalue weighted by molar-refractivity contribution is -0.140. The standard InChI is InChI=1S/C17H29N3O2S2Si/c1-10(22-25(7,8)17(2,3)4)13-14(18-15(13)21)11-9-12(23-5)19-20-16(11)24-6/h9-10,13-14H,1-8H3,(H,18,21)/t10-,13?,14-/m1/s1. The molecular formula is C17H29N3O2S2Si. The number of nitrogens with one attached hydrogen (secondary N) is 1. The highest BCUT2D eigenvalue weighted by atomic mass is 32.2. The first-order valence-corrected chi connectivity index (χ1v) is 13.8. The van der Waals surface area contributed by atoms with Crippen LogP contribution in [0.15, 0.2) is 16.1 Å².